The van der Waals surface area contributed by atoms with Crippen LogP contribution >= 0.6 is 31.9 Å². The summed E-state index contributed by atoms with van der Waals surface area (Å²) in [6.07, 6.45) is 1.57. The Bertz CT molecular complexity index is 536. The van der Waals surface area contributed by atoms with Gasteiger partial charge in [0.25, 0.3) is 0 Å². The van der Waals surface area contributed by atoms with Gasteiger partial charge in [-0.3, -0.25) is 4.79 Å². The molecule has 2 N–H and O–H groups in total. The highest BCUT2D eigenvalue weighted by atomic mass is 79.9. The summed E-state index contributed by atoms with van der Waals surface area (Å²) in [5.41, 5.74) is 0.666. The molecular formula is C13H14Br2N2O3. The van der Waals surface area contributed by atoms with E-state index >= 15 is 0 Å². The van der Waals surface area contributed by atoms with Gasteiger partial charge in [-0.1, -0.05) is 15.9 Å². The molecule has 20 heavy (non-hydrogen) atoms. The number of anilines is 1. The fraction of sp³-hybridized carbons (Fsp3) is 0.385. The molecule has 2 rings (SSSR count). The molecule has 5 nitrogen and oxygen atoms in total. The van der Waals surface area contributed by atoms with Crippen LogP contribution in [0.4, 0.5) is 10.5 Å². The van der Waals surface area contributed by atoms with Crippen LogP contribution in [0, 0.1) is 0 Å². The zero-order valence-corrected chi connectivity index (χ0v) is 13.8. The molecule has 0 spiro atoms. The Labute approximate surface area is 133 Å². The molecule has 0 radical (unpaired) electrons. The molecule has 1 atom stereocenters. The molecule has 1 aromatic rings. The highest BCUT2D eigenvalue weighted by molar-refractivity contribution is 9.11. The fourth-order valence-electron chi connectivity index (χ4n) is 2.29. The van der Waals surface area contributed by atoms with Crippen molar-refractivity contribution in [2.45, 2.75) is 25.3 Å². The van der Waals surface area contributed by atoms with Crippen molar-refractivity contribution in [3.63, 3.8) is 0 Å². The lowest BCUT2D eigenvalue weighted by atomic mass is 10.1. The molecule has 1 aliphatic heterocycles. The summed E-state index contributed by atoms with van der Waals surface area (Å²) in [7, 11) is 0. The van der Waals surface area contributed by atoms with Gasteiger partial charge in [0.15, 0.2) is 0 Å². The monoisotopic (exact) mass is 404 g/mol. The quantitative estimate of drug-likeness (QED) is 0.805. The Hall–Kier alpha value is -1.08. The molecule has 7 heteroatoms. The minimum absolute atomic E-state index is 0.00503. The summed E-state index contributed by atoms with van der Waals surface area (Å²) in [6.45, 7) is 0.595. The lowest BCUT2D eigenvalue weighted by Gasteiger charge is -2.24. The van der Waals surface area contributed by atoms with Gasteiger partial charge in [-0.15, -0.1) is 0 Å². The number of nitrogens with one attached hydrogen (secondary N) is 1. The number of halogens is 2. The fourth-order valence-corrected chi connectivity index (χ4v) is 3.44. The largest absolute Gasteiger partial charge is 0.481 e. The number of benzene rings is 1. The molecule has 108 valence electrons. The molecule has 0 aliphatic carbocycles. The van der Waals surface area contributed by atoms with E-state index in [-0.39, 0.29) is 18.5 Å². The maximum absolute atomic E-state index is 12.2. The number of likely N-dealkylation sites (tertiary alicyclic amines) is 1. The van der Waals surface area contributed by atoms with Crippen LogP contribution in [-0.4, -0.2) is 34.6 Å². The zero-order valence-electron chi connectivity index (χ0n) is 10.6. The second kappa shape index (κ2) is 6.58. The molecule has 1 unspecified atom stereocenters. The number of rotatable bonds is 3. The number of carbonyl (C=O) groups is 2. The number of carboxylic acids is 1. The Balaban J connectivity index is 2.05. The third kappa shape index (κ3) is 3.73. The van der Waals surface area contributed by atoms with E-state index < -0.39 is 5.97 Å². The number of urea groups is 1. The minimum atomic E-state index is -0.875. The van der Waals surface area contributed by atoms with E-state index in [2.05, 4.69) is 37.2 Å². The second-order valence-electron chi connectivity index (χ2n) is 4.64. The first-order chi connectivity index (χ1) is 9.47. The van der Waals surface area contributed by atoms with Crippen molar-refractivity contribution in [3.8, 4) is 0 Å². The predicted octanol–water partition coefficient (Wildman–Crippen LogP) is 3.68. The van der Waals surface area contributed by atoms with Crippen LogP contribution in [0.15, 0.2) is 27.1 Å². The second-order valence-corrected chi connectivity index (χ2v) is 6.41. The van der Waals surface area contributed by atoms with Gasteiger partial charge in [-0.05, 0) is 47.0 Å². The number of nitrogens with zero attached hydrogens (tertiary/aromatic N) is 1. The van der Waals surface area contributed by atoms with Crippen LogP contribution in [0.2, 0.25) is 0 Å². The normalized spacial score (nSPS) is 18.1. The molecule has 2 amide bonds. The lowest BCUT2D eigenvalue weighted by Crippen LogP contribution is -2.39. The molecule has 1 saturated heterocycles. The van der Waals surface area contributed by atoms with Crippen LogP contribution in [0.1, 0.15) is 19.3 Å². The first kappa shape index (κ1) is 15.3. The molecule has 1 aromatic carbocycles. The number of carbonyl (C=O) groups excluding carboxylic acids is 1. The first-order valence-electron chi connectivity index (χ1n) is 6.22. The maximum Gasteiger partial charge on any atom is 0.322 e. The van der Waals surface area contributed by atoms with Crippen molar-refractivity contribution in [2.75, 3.05) is 11.9 Å². The topological polar surface area (TPSA) is 69.6 Å². The van der Waals surface area contributed by atoms with Crippen molar-refractivity contribution in [1.29, 1.82) is 0 Å². The third-order valence-corrected chi connectivity index (χ3v) is 4.37. The molecule has 0 aromatic heterocycles. The van der Waals surface area contributed by atoms with Crippen LogP contribution in [0.5, 0.6) is 0 Å². The van der Waals surface area contributed by atoms with E-state index in [1.165, 1.54) is 0 Å². The SMILES string of the molecule is O=C(O)CC1CCCN1C(=O)Nc1ccc(Br)cc1Br. The van der Waals surface area contributed by atoms with Gasteiger partial charge in [0.05, 0.1) is 12.1 Å². The number of aliphatic carboxylic acids is 1. The van der Waals surface area contributed by atoms with E-state index in [0.717, 1.165) is 21.8 Å². The summed E-state index contributed by atoms with van der Waals surface area (Å²) < 4.78 is 1.68. The third-order valence-electron chi connectivity index (χ3n) is 3.22. The average Bonchev–Trinajstić information content (AvgIpc) is 2.80. The van der Waals surface area contributed by atoms with Gasteiger partial charge in [0.2, 0.25) is 0 Å². The number of hydrogen-bond acceptors (Lipinski definition) is 2. The van der Waals surface area contributed by atoms with E-state index in [1.807, 2.05) is 12.1 Å². The highest BCUT2D eigenvalue weighted by Gasteiger charge is 2.30. The molecule has 1 aliphatic rings. The van der Waals surface area contributed by atoms with Gasteiger partial charge in [0.1, 0.15) is 0 Å². The molecule has 1 fully saturated rings. The van der Waals surface area contributed by atoms with Gasteiger partial charge < -0.3 is 15.3 Å². The van der Waals surface area contributed by atoms with Crippen LogP contribution in [0.25, 0.3) is 0 Å². The Kier molecular flexibility index (Phi) is 5.04. The standard InChI is InChI=1S/C13H14Br2N2O3/c14-8-3-4-11(10(15)6-8)16-13(20)17-5-1-2-9(17)7-12(18)19/h3-4,6,9H,1-2,5,7H2,(H,16,20)(H,18,19). The summed E-state index contributed by atoms with van der Waals surface area (Å²) in [6, 6.07) is 4.99. The zero-order chi connectivity index (χ0) is 14.7. The first-order valence-corrected chi connectivity index (χ1v) is 7.80. The van der Waals surface area contributed by atoms with Crippen molar-refractivity contribution in [3.05, 3.63) is 27.1 Å². The van der Waals surface area contributed by atoms with Crippen LogP contribution < -0.4 is 5.32 Å². The summed E-state index contributed by atoms with van der Waals surface area (Å²) >= 11 is 6.73. The minimum Gasteiger partial charge on any atom is -0.481 e. The van der Waals surface area contributed by atoms with Crippen molar-refractivity contribution >= 4 is 49.5 Å². The van der Waals surface area contributed by atoms with E-state index in [0.29, 0.717) is 12.2 Å². The lowest BCUT2D eigenvalue weighted by molar-refractivity contribution is -0.137. The number of hydrogen-bond donors (Lipinski definition) is 2. The molecule has 0 bridgehead atoms. The van der Waals surface area contributed by atoms with Crippen molar-refractivity contribution in [2.24, 2.45) is 0 Å². The van der Waals surface area contributed by atoms with Crippen LogP contribution in [0.3, 0.4) is 0 Å². The van der Waals surface area contributed by atoms with E-state index in [1.54, 1.807) is 11.0 Å². The van der Waals surface area contributed by atoms with Crippen molar-refractivity contribution in [1.82, 2.24) is 4.90 Å². The maximum atomic E-state index is 12.2. The van der Waals surface area contributed by atoms with Crippen LogP contribution in [-0.2, 0) is 4.79 Å². The number of amides is 2. The van der Waals surface area contributed by atoms with Gasteiger partial charge in [-0.25, -0.2) is 4.79 Å². The summed E-state index contributed by atoms with van der Waals surface area (Å²) in [4.78, 5) is 24.6. The Morgan fingerprint density at radius 1 is 1.40 bits per heavy atom. The Morgan fingerprint density at radius 2 is 2.15 bits per heavy atom. The predicted molar refractivity (Wildman–Crippen MR) is 82.8 cm³/mol. The number of carboxylic acid groups (broad SMARTS) is 1. The van der Waals surface area contributed by atoms with Crippen molar-refractivity contribution < 1.29 is 14.7 Å². The summed E-state index contributed by atoms with van der Waals surface area (Å²) in [5, 5.41) is 11.7. The Morgan fingerprint density at radius 3 is 2.80 bits per heavy atom. The van der Waals surface area contributed by atoms with Gasteiger partial charge in [-0.2, -0.15) is 0 Å². The molecule has 0 saturated carbocycles. The van der Waals surface area contributed by atoms with E-state index in [9.17, 15) is 9.59 Å². The average molecular weight is 406 g/mol. The van der Waals surface area contributed by atoms with Gasteiger partial charge in [0, 0.05) is 21.5 Å². The summed E-state index contributed by atoms with van der Waals surface area (Å²) in [5.74, 6) is -0.875. The van der Waals surface area contributed by atoms with Gasteiger partial charge >= 0.3 is 12.0 Å². The smallest absolute Gasteiger partial charge is 0.322 e. The molecule has 1 heterocycles. The molecular weight excluding hydrogens is 392 g/mol. The highest BCUT2D eigenvalue weighted by Crippen LogP contribution is 2.27. The van der Waals surface area contributed by atoms with E-state index in [4.69, 9.17) is 5.11 Å².